The zero-order chi connectivity index (χ0) is 9.78. The summed E-state index contributed by atoms with van der Waals surface area (Å²) in [5.41, 5.74) is 0. The zero-order valence-corrected chi connectivity index (χ0v) is 8.69. The molecule has 0 unspecified atom stereocenters. The Balaban J connectivity index is 3.32. The van der Waals surface area contributed by atoms with E-state index in [0.29, 0.717) is 0 Å². The molecule has 0 spiro atoms. The van der Waals surface area contributed by atoms with Crippen LogP contribution in [0.2, 0.25) is 0 Å². The Morgan fingerprint density at radius 3 is 2.46 bits per heavy atom. The van der Waals surface area contributed by atoms with Gasteiger partial charge < -0.3 is 0 Å². The fourth-order valence-electron chi connectivity index (χ4n) is 0.786. The molecule has 0 fully saturated rings. The number of unbranched alkanes of at least 4 members (excludes halogenated alkanes) is 2. The molecule has 0 aliphatic heterocycles. The maximum atomic E-state index is 3.10. The van der Waals surface area contributed by atoms with E-state index < -0.39 is 0 Å². The van der Waals surface area contributed by atoms with Gasteiger partial charge in [-0.1, -0.05) is 31.8 Å². The summed E-state index contributed by atoms with van der Waals surface area (Å²) in [6.07, 6.45) is 9.08. The molecule has 0 N–H and O–H groups in total. The van der Waals surface area contributed by atoms with Gasteiger partial charge in [-0.3, -0.25) is 0 Å². The van der Waals surface area contributed by atoms with Crippen molar-refractivity contribution < 1.29 is 0 Å². The molecule has 0 atom stereocenters. The lowest BCUT2D eigenvalue weighted by molar-refractivity contribution is 0.902. The minimum Gasteiger partial charge on any atom is -0.104 e. The van der Waals surface area contributed by atoms with Gasteiger partial charge in [0, 0.05) is 19.3 Å². The first-order valence-corrected chi connectivity index (χ1v) is 5.01. The summed E-state index contributed by atoms with van der Waals surface area (Å²) >= 11 is 0. The topological polar surface area (TPSA) is 0 Å². The van der Waals surface area contributed by atoms with Gasteiger partial charge in [-0.15, -0.1) is 11.8 Å². The van der Waals surface area contributed by atoms with Gasteiger partial charge in [-0.05, 0) is 18.9 Å². The van der Waals surface area contributed by atoms with Crippen LogP contribution < -0.4 is 0 Å². The third-order valence-corrected chi connectivity index (χ3v) is 1.44. The number of hydrogen-bond donors (Lipinski definition) is 0. The second-order valence-corrected chi connectivity index (χ2v) is 2.69. The van der Waals surface area contributed by atoms with Crippen LogP contribution in [0.1, 0.15) is 46.0 Å². The van der Waals surface area contributed by atoms with E-state index in [1.165, 1.54) is 0 Å². The summed E-state index contributed by atoms with van der Waals surface area (Å²) in [5.74, 6) is 12.2. The Labute approximate surface area is 82.4 Å². The molecule has 0 nitrogen and oxygen atoms in total. The highest BCUT2D eigenvalue weighted by atomic mass is 13.8. The van der Waals surface area contributed by atoms with Crippen molar-refractivity contribution in [3.05, 3.63) is 12.2 Å². The Hall–Kier alpha value is -1.14. The quantitative estimate of drug-likeness (QED) is 0.453. The minimum absolute atomic E-state index is 0.963. The summed E-state index contributed by atoms with van der Waals surface area (Å²) in [4.78, 5) is 0. The third kappa shape index (κ3) is 10.9. The predicted molar refractivity (Wildman–Crippen MR) is 59.1 cm³/mol. The van der Waals surface area contributed by atoms with E-state index in [9.17, 15) is 0 Å². The monoisotopic (exact) mass is 174 g/mol. The van der Waals surface area contributed by atoms with Crippen LogP contribution >= 0.6 is 0 Å². The highest BCUT2D eigenvalue weighted by molar-refractivity contribution is 5.15. The minimum atomic E-state index is 0.963. The van der Waals surface area contributed by atoms with Crippen molar-refractivity contribution in [3.63, 3.8) is 0 Å². The molecule has 0 aromatic heterocycles. The lowest BCUT2D eigenvalue weighted by Gasteiger charge is -1.83. The molecule has 0 radical (unpaired) electrons. The normalized spacial score (nSPS) is 8.77. The van der Waals surface area contributed by atoms with Gasteiger partial charge >= 0.3 is 0 Å². The Bertz CT molecular complexity index is 237. The van der Waals surface area contributed by atoms with Crippen molar-refractivity contribution in [2.24, 2.45) is 0 Å². The first-order chi connectivity index (χ1) is 6.41. The molecule has 0 saturated carbocycles. The summed E-state index contributed by atoms with van der Waals surface area (Å²) in [5, 5.41) is 0. The lowest BCUT2D eigenvalue weighted by atomic mass is 10.2. The SMILES string of the molecule is CCC#CCCCC#CC=CCC. The van der Waals surface area contributed by atoms with Gasteiger partial charge in [0.05, 0.1) is 0 Å². The first-order valence-electron chi connectivity index (χ1n) is 5.01. The maximum absolute atomic E-state index is 3.10. The van der Waals surface area contributed by atoms with Crippen molar-refractivity contribution in [2.75, 3.05) is 0 Å². The van der Waals surface area contributed by atoms with Gasteiger partial charge in [0.25, 0.3) is 0 Å². The van der Waals surface area contributed by atoms with Crippen LogP contribution in [0.3, 0.4) is 0 Å². The standard InChI is InChI=1S/C13H18/c1-3-5-7-9-11-13-12-10-8-6-4-2/h5,7H,3-4,10,12-13H2,1-2H3. The fraction of sp³-hybridized carbons (Fsp3) is 0.538. The highest BCUT2D eigenvalue weighted by Gasteiger charge is 1.77. The van der Waals surface area contributed by atoms with Crippen LogP contribution in [-0.2, 0) is 0 Å². The average molecular weight is 174 g/mol. The van der Waals surface area contributed by atoms with E-state index in [1.54, 1.807) is 0 Å². The predicted octanol–water partition coefficient (Wildman–Crippen LogP) is 3.54. The van der Waals surface area contributed by atoms with Crippen LogP contribution in [0.5, 0.6) is 0 Å². The van der Waals surface area contributed by atoms with Crippen LogP contribution in [0.4, 0.5) is 0 Å². The second-order valence-electron chi connectivity index (χ2n) is 2.69. The lowest BCUT2D eigenvalue weighted by Crippen LogP contribution is -1.69. The molecule has 0 heteroatoms. The van der Waals surface area contributed by atoms with E-state index >= 15 is 0 Å². The number of rotatable bonds is 3. The second kappa shape index (κ2) is 10.9. The van der Waals surface area contributed by atoms with Crippen molar-refractivity contribution >= 4 is 0 Å². The molecule has 0 saturated heterocycles. The van der Waals surface area contributed by atoms with Crippen molar-refractivity contribution in [2.45, 2.75) is 46.0 Å². The van der Waals surface area contributed by atoms with Gasteiger partial charge in [0.2, 0.25) is 0 Å². The molecule has 0 heterocycles. The summed E-state index contributed by atoms with van der Waals surface area (Å²) in [6, 6.07) is 0. The molecule has 0 aromatic rings. The first kappa shape index (κ1) is 11.9. The molecule has 70 valence electrons. The van der Waals surface area contributed by atoms with Gasteiger partial charge in [-0.2, -0.15) is 0 Å². The molecule has 0 aliphatic carbocycles. The van der Waals surface area contributed by atoms with Crippen molar-refractivity contribution in [1.29, 1.82) is 0 Å². The molecule has 0 aliphatic rings. The van der Waals surface area contributed by atoms with E-state index in [1.807, 2.05) is 6.08 Å². The summed E-state index contributed by atoms with van der Waals surface area (Å²) in [6.45, 7) is 4.18. The number of hydrogen-bond acceptors (Lipinski definition) is 0. The Morgan fingerprint density at radius 2 is 1.77 bits per heavy atom. The Kier molecular flexibility index (Phi) is 9.91. The van der Waals surface area contributed by atoms with E-state index in [2.05, 4.69) is 43.6 Å². The zero-order valence-electron chi connectivity index (χ0n) is 8.69. The van der Waals surface area contributed by atoms with Crippen LogP contribution in [-0.4, -0.2) is 0 Å². The van der Waals surface area contributed by atoms with Gasteiger partial charge in [0.15, 0.2) is 0 Å². The van der Waals surface area contributed by atoms with Crippen LogP contribution in [0.25, 0.3) is 0 Å². The van der Waals surface area contributed by atoms with E-state index in [4.69, 9.17) is 0 Å². The molecular formula is C13H18. The number of allylic oxidation sites excluding steroid dienone is 2. The van der Waals surface area contributed by atoms with Crippen molar-refractivity contribution in [3.8, 4) is 23.7 Å². The molecule has 0 amide bonds. The largest absolute Gasteiger partial charge is 0.104 e. The molecule has 0 rings (SSSR count). The van der Waals surface area contributed by atoms with E-state index in [0.717, 1.165) is 32.1 Å². The Morgan fingerprint density at radius 1 is 1.00 bits per heavy atom. The maximum Gasteiger partial charge on any atom is 0.0101 e. The molecule has 13 heavy (non-hydrogen) atoms. The summed E-state index contributed by atoms with van der Waals surface area (Å²) < 4.78 is 0. The van der Waals surface area contributed by atoms with Crippen molar-refractivity contribution in [1.82, 2.24) is 0 Å². The highest BCUT2D eigenvalue weighted by Crippen LogP contribution is 1.91. The van der Waals surface area contributed by atoms with Gasteiger partial charge in [0.1, 0.15) is 0 Å². The van der Waals surface area contributed by atoms with Crippen LogP contribution in [0.15, 0.2) is 12.2 Å². The smallest absolute Gasteiger partial charge is 0.0101 e. The molecule has 0 aromatic carbocycles. The average Bonchev–Trinajstić information content (AvgIpc) is 2.16. The van der Waals surface area contributed by atoms with E-state index in [-0.39, 0.29) is 0 Å². The third-order valence-electron chi connectivity index (χ3n) is 1.44. The fourth-order valence-corrected chi connectivity index (χ4v) is 0.786. The molecule has 0 bridgehead atoms. The summed E-state index contributed by atoms with van der Waals surface area (Å²) in [7, 11) is 0. The van der Waals surface area contributed by atoms with Gasteiger partial charge in [-0.25, -0.2) is 0 Å². The molecular weight excluding hydrogens is 156 g/mol. The van der Waals surface area contributed by atoms with Crippen LogP contribution in [0, 0.1) is 23.7 Å².